The summed E-state index contributed by atoms with van der Waals surface area (Å²) in [6.07, 6.45) is 21.8. The number of aliphatic hydroxyl groups excluding tert-OH is 1. The van der Waals surface area contributed by atoms with E-state index in [1.165, 1.54) is 77.0 Å². The van der Waals surface area contributed by atoms with E-state index in [1.54, 1.807) is 0 Å². The highest BCUT2D eigenvalue weighted by atomic mass is 79.9. The zero-order valence-electron chi connectivity index (χ0n) is 31.9. The quantitative estimate of drug-likeness (QED) is 0.248. The maximum absolute atomic E-state index is 12.5. The fourth-order valence-electron chi connectivity index (χ4n) is 15.5. The summed E-state index contributed by atoms with van der Waals surface area (Å²) < 4.78 is 0. The molecule has 296 valence electrons. The van der Waals surface area contributed by atoms with Gasteiger partial charge in [0.25, 0.3) is 0 Å². The summed E-state index contributed by atoms with van der Waals surface area (Å²) >= 11 is 3.42. The lowest BCUT2D eigenvalue weighted by atomic mass is 9.49. The Balaban J connectivity index is 0.000000210. The molecular formula is C45H79BrO5. The summed E-state index contributed by atoms with van der Waals surface area (Å²) in [6, 6.07) is 0. The summed E-state index contributed by atoms with van der Waals surface area (Å²) in [5, 5.41) is 28.5. The van der Waals surface area contributed by atoms with Gasteiger partial charge >= 0.3 is 0 Å². The molecule has 0 aromatic carbocycles. The van der Waals surface area contributed by atoms with E-state index in [4.69, 9.17) is 5.11 Å². The maximum atomic E-state index is 12.5. The molecule has 0 bridgehead atoms. The zero-order chi connectivity index (χ0) is 35.5. The molecule has 0 aliphatic heterocycles. The number of aliphatic hydroxyl groups is 3. The molecule has 8 fully saturated rings. The fourth-order valence-corrected chi connectivity index (χ4v) is 15.8. The lowest BCUT2D eigenvalue weighted by Gasteiger charge is -2.56. The molecular weight excluding hydrogens is 700 g/mol. The van der Waals surface area contributed by atoms with Crippen LogP contribution in [0.1, 0.15) is 165 Å². The topological polar surface area (TPSA) is 94.8 Å². The first kappa shape index (κ1) is 43.4. The molecule has 0 radical (unpaired) electrons. The van der Waals surface area contributed by atoms with E-state index in [0.717, 1.165) is 105 Å². The summed E-state index contributed by atoms with van der Waals surface area (Å²) in [7, 11) is 1.00. The van der Waals surface area contributed by atoms with Crippen LogP contribution in [0.15, 0.2) is 0 Å². The van der Waals surface area contributed by atoms with Gasteiger partial charge in [0.1, 0.15) is 11.6 Å². The average Bonchev–Trinajstić information content (AvgIpc) is 3.61. The van der Waals surface area contributed by atoms with E-state index in [-0.39, 0.29) is 20.3 Å². The molecule has 0 aromatic heterocycles. The van der Waals surface area contributed by atoms with E-state index in [0.29, 0.717) is 34.1 Å². The van der Waals surface area contributed by atoms with Gasteiger partial charge in [0.05, 0.1) is 16.5 Å². The van der Waals surface area contributed by atoms with Crippen molar-refractivity contribution in [2.75, 3.05) is 12.4 Å². The van der Waals surface area contributed by atoms with Gasteiger partial charge in [-0.1, -0.05) is 44.6 Å². The predicted octanol–water partition coefficient (Wildman–Crippen LogP) is 10.4. The molecule has 3 N–H and O–H groups in total. The van der Waals surface area contributed by atoms with Gasteiger partial charge in [-0.15, -0.1) is 0 Å². The molecule has 6 heteroatoms. The molecule has 5 nitrogen and oxygen atoms in total. The molecule has 0 heterocycles. The Labute approximate surface area is 321 Å². The van der Waals surface area contributed by atoms with Crippen molar-refractivity contribution in [2.45, 2.75) is 176 Å². The number of carbonyl (C=O) groups is 2. The molecule has 0 amide bonds. The van der Waals surface area contributed by atoms with Gasteiger partial charge < -0.3 is 15.3 Å². The third-order valence-corrected chi connectivity index (χ3v) is 18.0. The van der Waals surface area contributed by atoms with Crippen molar-refractivity contribution in [3.05, 3.63) is 0 Å². The summed E-state index contributed by atoms with van der Waals surface area (Å²) in [5.41, 5.74) is -0.277. The van der Waals surface area contributed by atoms with Gasteiger partial charge in [-0.3, -0.25) is 9.59 Å². The minimum absolute atomic E-state index is 0. The molecule has 0 unspecified atom stereocenters. The molecule has 8 rings (SSSR count). The van der Waals surface area contributed by atoms with Crippen molar-refractivity contribution in [1.82, 2.24) is 0 Å². The van der Waals surface area contributed by atoms with Crippen LogP contribution in [-0.2, 0) is 9.59 Å². The number of fused-ring (bicyclic) bond motifs is 10. The van der Waals surface area contributed by atoms with Gasteiger partial charge in [0, 0.05) is 18.9 Å². The fraction of sp³-hybridized carbons (Fsp3) is 0.956. The van der Waals surface area contributed by atoms with Crippen LogP contribution in [0.25, 0.3) is 0 Å². The molecule has 8 aliphatic carbocycles. The van der Waals surface area contributed by atoms with Gasteiger partial charge in [0.2, 0.25) is 0 Å². The van der Waals surface area contributed by atoms with Gasteiger partial charge in [-0.25, -0.2) is 0 Å². The highest BCUT2D eigenvalue weighted by molar-refractivity contribution is 9.09. The largest absolute Gasteiger partial charge is 0.400 e. The first-order valence-electron chi connectivity index (χ1n) is 20.7. The van der Waals surface area contributed by atoms with Crippen LogP contribution in [0.2, 0.25) is 0 Å². The molecule has 8 aliphatic rings. The smallest absolute Gasteiger partial charge is 0.147 e. The van der Waals surface area contributed by atoms with Gasteiger partial charge in [0.15, 0.2) is 0 Å². The molecule has 0 spiro atoms. The van der Waals surface area contributed by atoms with E-state index in [1.807, 2.05) is 20.8 Å². The monoisotopic (exact) mass is 779 g/mol. The van der Waals surface area contributed by atoms with E-state index in [9.17, 15) is 19.8 Å². The van der Waals surface area contributed by atoms with Crippen LogP contribution in [0.5, 0.6) is 0 Å². The molecule has 16 atom stereocenters. The lowest BCUT2D eigenvalue weighted by molar-refractivity contribution is -0.130. The second-order valence-electron chi connectivity index (χ2n) is 19.9. The lowest BCUT2D eigenvalue weighted by Crippen LogP contribution is -2.51. The van der Waals surface area contributed by atoms with Crippen LogP contribution in [0.3, 0.4) is 0 Å². The van der Waals surface area contributed by atoms with Crippen LogP contribution in [0, 0.1) is 81.8 Å². The average molecular weight is 780 g/mol. The Hall–Kier alpha value is -0.300. The third-order valence-electron chi connectivity index (χ3n) is 17.5. The summed E-state index contributed by atoms with van der Waals surface area (Å²) in [6.45, 7) is 10.8. The highest BCUT2D eigenvalue weighted by Crippen LogP contribution is 2.66. The minimum Gasteiger partial charge on any atom is -0.400 e. The number of ketones is 2. The number of alkyl halides is 1. The van der Waals surface area contributed by atoms with E-state index in [2.05, 4.69) is 29.8 Å². The van der Waals surface area contributed by atoms with Crippen LogP contribution >= 0.6 is 15.9 Å². The Kier molecular flexibility index (Phi) is 14.0. The SMILES string of the molecule is C.C.CC(=O)[C@H]1CC[C@H]2[C@@H]3CC[C@@H]4C[C@](C)(O)CC[C@@H]4[C@H]3CC[C@]12C.CO.C[C@@]1(O)CC[C@H]2[C@H](CC[C@@H]3[C@@H]2CC[C@]2(C)[C@@H](C(=O)CBr)CC[C@@H]32)C1. The highest BCUT2D eigenvalue weighted by Gasteiger charge is 2.60. The molecule has 0 saturated heterocycles. The first-order chi connectivity index (χ1) is 23.2. The molecule has 0 aromatic rings. The third kappa shape index (κ3) is 7.89. The normalized spacial score (nSPS) is 50.5. The van der Waals surface area contributed by atoms with Crippen molar-refractivity contribution in [3.8, 4) is 0 Å². The molecule has 8 saturated carbocycles. The second-order valence-corrected chi connectivity index (χ2v) is 20.5. The van der Waals surface area contributed by atoms with E-state index < -0.39 is 11.2 Å². The van der Waals surface area contributed by atoms with Crippen molar-refractivity contribution >= 4 is 27.5 Å². The Bertz CT molecular complexity index is 1200. The zero-order valence-corrected chi connectivity index (χ0v) is 33.5. The van der Waals surface area contributed by atoms with Gasteiger partial charge in [-0.2, -0.15) is 0 Å². The standard InChI is InChI=1S/C21H33BrO2.C21H34O2.CH4O.2CH4/c1-20(24)9-7-14-13(11-20)3-4-16-15(14)8-10-21(2)17(16)5-6-18(21)19(23)12-22;1-13(22)18-6-7-19-17-5-4-14-12-20(2,23)10-8-15(14)16(17)9-11-21(18,19)3;1-2;;/h13-18,24H,3-12H2,1-2H3;14-19,23H,4-12H2,1-3H3;2H,1H3;2*1H4/t13-,14+,15-,16-,17+,18-,20-,21+;14-,15+,16-,17-,18-,19+,20-,21-;;;/m11.../s1. The Morgan fingerprint density at radius 3 is 1.35 bits per heavy atom. The van der Waals surface area contributed by atoms with Crippen LogP contribution < -0.4 is 0 Å². The number of hydrogen-bond donors (Lipinski definition) is 3. The first-order valence-corrected chi connectivity index (χ1v) is 21.8. The number of carbonyl (C=O) groups excluding carboxylic acids is 2. The summed E-state index contributed by atoms with van der Waals surface area (Å²) in [5.74, 6) is 9.76. The van der Waals surface area contributed by atoms with Gasteiger partial charge in [-0.05, 0) is 206 Å². The number of hydrogen-bond acceptors (Lipinski definition) is 5. The van der Waals surface area contributed by atoms with Crippen molar-refractivity contribution in [2.24, 2.45) is 81.8 Å². The van der Waals surface area contributed by atoms with E-state index >= 15 is 0 Å². The second kappa shape index (κ2) is 16.4. The Morgan fingerprint density at radius 2 is 0.941 bits per heavy atom. The number of halogens is 1. The predicted molar refractivity (Wildman–Crippen MR) is 214 cm³/mol. The number of Topliss-reactive ketones (excluding diaryl/α,β-unsaturated/α-hetero) is 2. The van der Waals surface area contributed by atoms with Crippen LogP contribution in [-0.4, -0.2) is 50.5 Å². The van der Waals surface area contributed by atoms with Crippen molar-refractivity contribution < 1.29 is 24.9 Å². The Morgan fingerprint density at radius 1 is 0.549 bits per heavy atom. The number of rotatable bonds is 3. The van der Waals surface area contributed by atoms with Crippen LogP contribution in [0.4, 0.5) is 0 Å². The molecule has 51 heavy (non-hydrogen) atoms. The maximum Gasteiger partial charge on any atom is 0.147 e. The summed E-state index contributed by atoms with van der Waals surface area (Å²) in [4.78, 5) is 24.6. The van der Waals surface area contributed by atoms with Crippen molar-refractivity contribution in [3.63, 3.8) is 0 Å². The van der Waals surface area contributed by atoms with Crippen molar-refractivity contribution in [1.29, 1.82) is 0 Å². The minimum atomic E-state index is -0.419.